The molecule has 2 heterocycles. The molecule has 0 bridgehead atoms. The summed E-state index contributed by atoms with van der Waals surface area (Å²) < 4.78 is 15.6. The van der Waals surface area contributed by atoms with Gasteiger partial charge in [0.15, 0.2) is 5.69 Å². The molecule has 1 saturated heterocycles. The number of aromatic nitrogens is 2. The van der Waals surface area contributed by atoms with Crippen molar-refractivity contribution >= 4 is 5.91 Å². The maximum absolute atomic E-state index is 14.0. The van der Waals surface area contributed by atoms with E-state index in [1.165, 1.54) is 6.07 Å². The minimum absolute atomic E-state index is 0.0672. The van der Waals surface area contributed by atoms with Gasteiger partial charge < -0.3 is 4.90 Å². The van der Waals surface area contributed by atoms with Crippen LogP contribution >= 0.6 is 0 Å². The molecule has 1 amide bonds. The normalized spacial score (nSPS) is 14.7. The van der Waals surface area contributed by atoms with Crippen molar-refractivity contribution in [3.63, 3.8) is 0 Å². The molecule has 2 aromatic rings. The first-order valence-corrected chi connectivity index (χ1v) is 7.16. The van der Waals surface area contributed by atoms with Gasteiger partial charge in [-0.1, -0.05) is 11.6 Å². The second-order valence-corrected chi connectivity index (χ2v) is 5.52. The SMILES string of the molecule is Cc1ccc(F)c(-c2cc(C(=O)N3CCCC3)nn2C)c1. The van der Waals surface area contributed by atoms with Gasteiger partial charge in [-0.05, 0) is 38.0 Å². The van der Waals surface area contributed by atoms with E-state index in [0.717, 1.165) is 31.5 Å². The van der Waals surface area contributed by atoms with Crippen LogP contribution < -0.4 is 0 Å². The van der Waals surface area contributed by atoms with E-state index >= 15 is 0 Å². The standard InChI is InChI=1S/C16H18FN3O/c1-11-5-6-13(17)12(9-11)15-10-14(18-19(15)2)16(21)20-7-3-4-8-20/h5-6,9-10H,3-4,7-8H2,1-2H3. The average Bonchev–Trinajstić information content (AvgIpc) is 3.10. The number of aryl methyl sites for hydroxylation is 2. The molecule has 0 aliphatic carbocycles. The highest BCUT2D eigenvalue weighted by Crippen LogP contribution is 2.25. The molecule has 1 aliphatic rings. The van der Waals surface area contributed by atoms with Crippen molar-refractivity contribution in [2.24, 2.45) is 7.05 Å². The molecular weight excluding hydrogens is 269 g/mol. The van der Waals surface area contributed by atoms with Crippen LogP contribution in [0.25, 0.3) is 11.3 Å². The highest BCUT2D eigenvalue weighted by molar-refractivity contribution is 5.93. The van der Waals surface area contributed by atoms with E-state index < -0.39 is 0 Å². The summed E-state index contributed by atoms with van der Waals surface area (Å²) >= 11 is 0. The van der Waals surface area contributed by atoms with E-state index in [9.17, 15) is 9.18 Å². The summed E-state index contributed by atoms with van der Waals surface area (Å²) in [6.45, 7) is 3.47. The van der Waals surface area contributed by atoms with Gasteiger partial charge in [-0.25, -0.2) is 4.39 Å². The van der Waals surface area contributed by atoms with Crippen molar-refractivity contribution in [2.45, 2.75) is 19.8 Å². The van der Waals surface area contributed by atoms with Crippen molar-refractivity contribution in [1.29, 1.82) is 0 Å². The molecule has 110 valence electrons. The van der Waals surface area contributed by atoms with Crippen LogP contribution in [0.1, 0.15) is 28.9 Å². The Labute approximate surface area is 123 Å². The minimum Gasteiger partial charge on any atom is -0.337 e. The fraction of sp³-hybridized carbons (Fsp3) is 0.375. The average molecular weight is 287 g/mol. The van der Waals surface area contributed by atoms with Gasteiger partial charge in [0.05, 0.1) is 5.69 Å². The minimum atomic E-state index is -0.302. The summed E-state index contributed by atoms with van der Waals surface area (Å²) in [7, 11) is 1.73. The summed E-state index contributed by atoms with van der Waals surface area (Å²) in [5, 5.41) is 4.26. The number of carbonyl (C=O) groups is 1. The van der Waals surface area contributed by atoms with Crippen molar-refractivity contribution in [3.8, 4) is 11.3 Å². The molecule has 3 rings (SSSR count). The largest absolute Gasteiger partial charge is 0.337 e. The van der Waals surface area contributed by atoms with Gasteiger partial charge in [0.25, 0.3) is 5.91 Å². The molecule has 4 nitrogen and oxygen atoms in total. The Morgan fingerprint density at radius 3 is 2.67 bits per heavy atom. The number of likely N-dealkylation sites (tertiary alicyclic amines) is 1. The van der Waals surface area contributed by atoms with Crippen LogP contribution in [-0.4, -0.2) is 33.7 Å². The number of hydrogen-bond acceptors (Lipinski definition) is 2. The Morgan fingerprint density at radius 2 is 1.95 bits per heavy atom. The second kappa shape index (κ2) is 5.31. The Hall–Kier alpha value is -2.17. The summed E-state index contributed by atoms with van der Waals surface area (Å²) in [6.07, 6.45) is 2.08. The second-order valence-electron chi connectivity index (χ2n) is 5.52. The molecule has 0 radical (unpaired) electrons. The lowest BCUT2D eigenvalue weighted by molar-refractivity contribution is 0.0786. The van der Waals surface area contributed by atoms with Crippen LogP contribution in [0.3, 0.4) is 0 Å². The number of nitrogens with zero attached hydrogens (tertiary/aromatic N) is 3. The number of benzene rings is 1. The number of halogens is 1. The molecule has 1 aromatic heterocycles. The molecule has 1 fully saturated rings. The monoisotopic (exact) mass is 287 g/mol. The van der Waals surface area contributed by atoms with E-state index in [1.54, 1.807) is 34.8 Å². The zero-order valence-corrected chi connectivity index (χ0v) is 12.3. The third-order valence-corrected chi connectivity index (χ3v) is 3.89. The fourth-order valence-corrected chi connectivity index (χ4v) is 2.74. The maximum atomic E-state index is 14.0. The third kappa shape index (κ3) is 2.55. The Kier molecular flexibility index (Phi) is 3.49. The molecule has 0 saturated carbocycles. The molecule has 0 N–H and O–H groups in total. The zero-order valence-electron chi connectivity index (χ0n) is 12.3. The van der Waals surface area contributed by atoms with Gasteiger partial charge in [0.2, 0.25) is 0 Å². The van der Waals surface area contributed by atoms with E-state index in [1.807, 2.05) is 6.92 Å². The van der Waals surface area contributed by atoms with Crippen LogP contribution in [0.4, 0.5) is 4.39 Å². The molecule has 21 heavy (non-hydrogen) atoms. The summed E-state index contributed by atoms with van der Waals surface area (Å²) in [4.78, 5) is 14.2. The molecule has 0 unspecified atom stereocenters. The lowest BCUT2D eigenvalue weighted by Crippen LogP contribution is -2.28. The van der Waals surface area contributed by atoms with E-state index in [2.05, 4.69) is 5.10 Å². The summed E-state index contributed by atoms with van der Waals surface area (Å²) in [5.41, 5.74) is 2.46. The summed E-state index contributed by atoms with van der Waals surface area (Å²) in [5.74, 6) is -0.369. The maximum Gasteiger partial charge on any atom is 0.274 e. The topological polar surface area (TPSA) is 38.1 Å². The lowest BCUT2D eigenvalue weighted by Gasteiger charge is -2.12. The van der Waals surface area contributed by atoms with Gasteiger partial charge in [-0.15, -0.1) is 0 Å². The number of rotatable bonds is 2. The first kappa shape index (κ1) is 13.8. The first-order chi connectivity index (χ1) is 10.1. The lowest BCUT2D eigenvalue weighted by atomic mass is 10.1. The van der Waals surface area contributed by atoms with Crippen LogP contribution in [0.5, 0.6) is 0 Å². The number of amides is 1. The van der Waals surface area contributed by atoms with E-state index in [0.29, 0.717) is 17.0 Å². The van der Waals surface area contributed by atoms with E-state index in [4.69, 9.17) is 0 Å². The smallest absolute Gasteiger partial charge is 0.274 e. The molecular formula is C16H18FN3O. The van der Waals surface area contributed by atoms with Crippen LogP contribution in [0.2, 0.25) is 0 Å². The van der Waals surface area contributed by atoms with Crippen molar-refractivity contribution in [3.05, 3.63) is 41.3 Å². The Bertz CT molecular complexity index is 687. The number of carbonyl (C=O) groups excluding carboxylic acids is 1. The molecule has 5 heteroatoms. The fourth-order valence-electron chi connectivity index (χ4n) is 2.74. The highest BCUT2D eigenvalue weighted by atomic mass is 19.1. The third-order valence-electron chi connectivity index (χ3n) is 3.89. The van der Waals surface area contributed by atoms with Gasteiger partial charge in [0, 0.05) is 25.7 Å². The van der Waals surface area contributed by atoms with Crippen LogP contribution in [0, 0.1) is 12.7 Å². The first-order valence-electron chi connectivity index (χ1n) is 7.16. The number of hydrogen-bond donors (Lipinski definition) is 0. The van der Waals surface area contributed by atoms with Gasteiger partial charge in [0.1, 0.15) is 5.82 Å². The van der Waals surface area contributed by atoms with Crippen molar-refractivity contribution < 1.29 is 9.18 Å². The zero-order chi connectivity index (χ0) is 15.0. The predicted molar refractivity (Wildman–Crippen MR) is 78.5 cm³/mol. The Balaban J connectivity index is 1.97. The Morgan fingerprint density at radius 1 is 1.24 bits per heavy atom. The van der Waals surface area contributed by atoms with Crippen molar-refractivity contribution in [1.82, 2.24) is 14.7 Å². The molecule has 0 atom stereocenters. The van der Waals surface area contributed by atoms with Crippen LogP contribution in [-0.2, 0) is 7.05 Å². The predicted octanol–water partition coefficient (Wildman–Crippen LogP) is 2.77. The highest BCUT2D eigenvalue weighted by Gasteiger charge is 2.23. The van der Waals surface area contributed by atoms with Crippen molar-refractivity contribution in [2.75, 3.05) is 13.1 Å². The van der Waals surface area contributed by atoms with Gasteiger partial charge >= 0.3 is 0 Å². The quantitative estimate of drug-likeness (QED) is 0.852. The van der Waals surface area contributed by atoms with Gasteiger partial charge in [-0.3, -0.25) is 9.48 Å². The molecule has 0 spiro atoms. The summed E-state index contributed by atoms with van der Waals surface area (Å²) in [6, 6.07) is 6.63. The van der Waals surface area contributed by atoms with Gasteiger partial charge in [-0.2, -0.15) is 5.10 Å². The van der Waals surface area contributed by atoms with E-state index in [-0.39, 0.29) is 11.7 Å². The molecule has 1 aliphatic heterocycles. The molecule has 1 aromatic carbocycles. The van der Waals surface area contributed by atoms with Crippen LogP contribution in [0.15, 0.2) is 24.3 Å².